The van der Waals surface area contributed by atoms with Gasteiger partial charge in [-0.15, -0.1) is 0 Å². The molecule has 0 radical (unpaired) electrons. The number of ketones is 1. The Labute approximate surface area is 92.9 Å². The lowest BCUT2D eigenvalue weighted by Gasteiger charge is -2.14. The molecular weight excluding hydrogens is 208 g/mol. The molecule has 0 fully saturated rings. The van der Waals surface area contributed by atoms with Crippen molar-refractivity contribution < 1.29 is 9.53 Å². The minimum Gasteiger partial charge on any atom is -0.462 e. The van der Waals surface area contributed by atoms with Crippen LogP contribution in [0.4, 0.5) is 0 Å². The van der Waals surface area contributed by atoms with E-state index in [0.29, 0.717) is 12.2 Å². The first-order chi connectivity index (χ1) is 7.25. The third-order valence-corrected chi connectivity index (χ3v) is 2.95. The van der Waals surface area contributed by atoms with Gasteiger partial charge in [0.1, 0.15) is 11.5 Å². The van der Waals surface area contributed by atoms with Crippen LogP contribution in [-0.2, 0) is 9.53 Å². The summed E-state index contributed by atoms with van der Waals surface area (Å²) in [5.74, 6) is 1.51. The highest BCUT2D eigenvalue weighted by Gasteiger charge is 2.12. The first-order valence-corrected chi connectivity index (χ1v) is 5.83. The average molecular weight is 220 g/mol. The summed E-state index contributed by atoms with van der Waals surface area (Å²) >= 11 is 1.60. The number of hydrogen-bond acceptors (Lipinski definition) is 3. The van der Waals surface area contributed by atoms with E-state index in [-0.39, 0.29) is 5.78 Å². The Hall–Kier alpha value is -1.35. The van der Waals surface area contributed by atoms with Crippen LogP contribution < -0.4 is 0 Å². The molecule has 0 saturated heterocycles. The molecule has 0 aliphatic heterocycles. The van der Waals surface area contributed by atoms with Gasteiger partial charge in [-0.3, -0.25) is 4.79 Å². The van der Waals surface area contributed by atoms with Crippen molar-refractivity contribution in [3.63, 3.8) is 0 Å². The van der Waals surface area contributed by atoms with E-state index in [2.05, 4.69) is 6.58 Å². The summed E-state index contributed by atoms with van der Waals surface area (Å²) < 4.78 is 5.56. The van der Waals surface area contributed by atoms with Crippen LogP contribution in [0.15, 0.2) is 35.2 Å². The van der Waals surface area contributed by atoms with Gasteiger partial charge in [0, 0.05) is 29.9 Å². The smallest absolute Gasteiger partial charge is 0.159 e. The number of carbonyl (C=O) groups is 1. The Balaban J connectivity index is 2.03. The molecule has 0 spiro atoms. The highest BCUT2D eigenvalue weighted by Crippen LogP contribution is 2.24. The molecule has 3 heteroatoms. The highest BCUT2D eigenvalue weighted by molar-refractivity contribution is 7.08. The van der Waals surface area contributed by atoms with E-state index < -0.39 is 0 Å². The molecule has 0 bridgehead atoms. The van der Waals surface area contributed by atoms with Gasteiger partial charge in [-0.25, -0.2) is 0 Å². The predicted molar refractivity (Wildman–Crippen MR) is 61.4 cm³/mol. The van der Waals surface area contributed by atoms with Gasteiger partial charge in [-0.1, -0.05) is 6.58 Å². The SMILES string of the molecule is C=C(OC1=CC(=O)CCC1)c1ccsc1. The molecule has 0 amide bonds. The van der Waals surface area contributed by atoms with Gasteiger partial charge >= 0.3 is 0 Å². The van der Waals surface area contributed by atoms with E-state index in [0.717, 1.165) is 24.2 Å². The Kier molecular flexibility index (Phi) is 3.02. The molecule has 1 aliphatic rings. The second-order valence-corrected chi connectivity index (χ2v) is 4.25. The lowest BCUT2D eigenvalue weighted by molar-refractivity contribution is -0.115. The van der Waals surface area contributed by atoms with E-state index in [1.54, 1.807) is 17.4 Å². The van der Waals surface area contributed by atoms with Crippen molar-refractivity contribution in [3.05, 3.63) is 40.8 Å². The number of ether oxygens (including phenoxy) is 1. The monoisotopic (exact) mass is 220 g/mol. The Morgan fingerprint density at radius 2 is 2.33 bits per heavy atom. The number of rotatable bonds is 3. The fourth-order valence-electron chi connectivity index (χ4n) is 1.48. The van der Waals surface area contributed by atoms with E-state index in [1.165, 1.54) is 0 Å². The lowest BCUT2D eigenvalue weighted by Crippen LogP contribution is -2.04. The number of thiophene rings is 1. The zero-order valence-electron chi connectivity index (χ0n) is 8.36. The van der Waals surface area contributed by atoms with Gasteiger partial charge in [0.2, 0.25) is 0 Å². The number of carbonyl (C=O) groups excluding carboxylic acids is 1. The summed E-state index contributed by atoms with van der Waals surface area (Å²) in [7, 11) is 0. The van der Waals surface area contributed by atoms with Crippen molar-refractivity contribution in [1.29, 1.82) is 0 Å². The van der Waals surface area contributed by atoms with Gasteiger partial charge in [0.25, 0.3) is 0 Å². The summed E-state index contributed by atoms with van der Waals surface area (Å²) in [6.45, 7) is 3.85. The van der Waals surface area contributed by atoms with Crippen LogP contribution in [0.3, 0.4) is 0 Å². The molecular formula is C12H12O2S. The van der Waals surface area contributed by atoms with Crippen LogP contribution in [0.2, 0.25) is 0 Å². The molecule has 0 aromatic carbocycles. The van der Waals surface area contributed by atoms with E-state index >= 15 is 0 Å². The van der Waals surface area contributed by atoms with Gasteiger partial charge in [-0.2, -0.15) is 11.3 Å². The van der Waals surface area contributed by atoms with Crippen LogP contribution in [-0.4, -0.2) is 5.78 Å². The van der Waals surface area contributed by atoms with Crippen molar-refractivity contribution in [2.75, 3.05) is 0 Å². The Morgan fingerprint density at radius 1 is 1.47 bits per heavy atom. The van der Waals surface area contributed by atoms with Crippen LogP contribution >= 0.6 is 11.3 Å². The molecule has 0 N–H and O–H groups in total. The minimum absolute atomic E-state index is 0.148. The molecule has 0 saturated carbocycles. The third-order valence-electron chi connectivity index (χ3n) is 2.27. The summed E-state index contributed by atoms with van der Waals surface area (Å²) in [5, 5.41) is 3.96. The standard InChI is InChI=1S/C12H12O2S/c1-9(10-5-6-15-8-10)14-12-4-2-3-11(13)7-12/h5-8H,1-4H2. The lowest BCUT2D eigenvalue weighted by atomic mass is 10.1. The van der Waals surface area contributed by atoms with Crippen LogP contribution in [0.5, 0.6) is 0 Å². The van der Waals surface area contributed by atoms with Gasteiger partial charge in [-0.05, 0) is 17.9 Å². The Morgan fingerprint density at radius 3 is 3.00 bits per heavy atom. The molecule has 1 heterocycles. The van der Waals surface area contributed by atoms with E-state index in [1.807, 2.05) is 16.8 Å². The van der Waals surface area contributed by atoms with Gasteiger partial charge in [0.05, 0.1) is 0 Å². The summed E-state index contributed by atoms with van der Waals surface area (Å²) in [6.07, 6.45) is 3.93. The molecule has 1 aromatic heterocycles. The Bertz CT molecular complexity index is 401. The number of hydrogen-bond donors (Lipinski definition) is 0. The summed E-state index contributed by atoms with van der Waals surface area (Å²) in [4.78, 5) is 11.2. The maximum atomic E-state index is 11.2. The van der Waals surface area contributed by atoms with Crippen LogP contribution in [0.25, 0.3) is 5.76 Å². The molecule has 2 rings (SSSR count). The van der Waals surface area contributed by atoms with Crippen LogP contribution in [0, 0.1) is 0 Å². The van der Waals surface area contributed by atoms with Crippen molar-refractivity contribution in [1.82, 2.24) is 0 Å². The minimum atomic E-state index is 0.148. The van der Waals surface area contributed by atoms with Gasteiger partial charge < -0.3 is 4.74 Å². The zero-order valence-corrected chi connectivity index (χ0v) is 9.18. The molecule has 2 nitrogen and oxygen atoms in total. The molecule has 0 unspecified atom stereocenters. The van der Waals surface area contributed by atoms with E-state index in [9.17, 15) is 4.79 Å². The first kappa shape index (κ1) is 10.2. The highest BCUT2D eigenvalue weighted by atomic mass is 32.1. The summed E-state index contributed by atoms with van der Waals surface area (Å²) in [6, 6.07) is 1.96. The first-order valence-electron chi connectivity index (χ1n) is 4.88. The van der Waals surface area contributed by atoms with Gasteiger partial charge in [0.15, 0.2) is 5.78 Å². The van der Waals surface area contributed by atoms with Crippen molar-refractivity contribution in [2.24, 2.45) is 0 Å². The quantitative estimate of drug-likeness (QED) is 0.730. The van der Waals surface area contributed by atoms with Crippen molar-refractivity contribution in [3.8, 4) is 0 Å². The molecule has 1 aliphatic carbocycles. The normalized spacial score (nSPS) is 16.0. The molecule has 78 valence electrons. The fourth-order valence-corrected chi connectivity index (χ4v) is 2.14. The molecule has 1 aromatic rings. The summed E-state index contributed by atoms with van der Waals surface area (Å²) in [5.41, 5.74) is 0.985. The topological polar surface area (TPSA) is 26.3 Å². The molecule has 0 atom stereocenters. The fraction of sp³-hybridized carbons (Fsp3) is 0.250. The number of allylic oxidation sites excluding steroid dienone is 2. The maximum absolute atomic E-state index is 11.2. The van der Waals surface area contributed by atoms with E-state index in [4.69, 9.17) is 4.74 Å². The maximum Gasteiger partial charge on any atom is 0.159 e. The zero-order chi connectivity index (χ0) is 10.7. The van der Waals surface area contributed by atoms with Crippen LogP contribution in [0.1, 0.15) is 24.8 Å². The van der Waals surface area contributed by atoms with Crippen molar-refractivity contribution >= 4 is 22.9 Å². The molecule has 15 heavy (non-hydrogen) atoms. The average Bonchev–Trinajstić information content (AvgIpc) is 2.70. The largest absolute Gasteiger partial charge is 0.462 e. The predicted octanol–water partition coefficient (Wildman–Crippen LogP) is 3.37. The van der Waals surface area contributed by atoms with Crippen molar-refractivity contribution in [2.45, 2.75) is 19.3 Å². The second-order valence-electron chi connectivity index (χ2n) is 3.47. The third kappa shape index (κ3) is 2.57. The second kappa shape index (κ2) is 4.45.